The van der Waals surface area contributed by atoms with Gasteiger partial charge in [-0.15, -0.1) is 0 Å². The molecule has 1 nitrogen and oxygen atoms in total. The highest BCUT2D eigenvalue weighted by Crippen LogP contribution is 2.22. The first-order valence-corrected chi connectivity index (χ1v) is 5.05. The molecule has 0 spiro atoms. The van der Waals surface area contributed by atoms with E-state index in [0.717, 1.165) is 0 Å². The van der Waals surface area contributed by atoms with Gasteiger partial charge < -0.3 is 0 Å². The number of nitrogens with zero attached hydrogens (tertiary/aromatic N) is 1. The topological polar surface area (TPSA) is 12.9 Å². The van der Waals surface area contributed by atoms with Crippen LogP contribution in [0.4, 0.5) is 8.78 Å². The fourth-order valence-corrected chi connectivity index (χ4v) is 1.40. The van der Waals surface area contributed by atoms with Crippen LogP contribution >= 0.6 is 24.4 Å². The molecule has 0 N–H and O–H groups in total. The second kappa shape index (κ2) is 4.81. The maximum Gasteiger partial charge on any atom is 0.280 e. The van der Waals surface area contributed by atoms with Gasteiger partial charge in [0.05, 0.1) is 0 Å². The van der Waals surface area contributed by atoms with Crippen LogP contribution in [0.2, 0.25) is 0 Å². The second-order valence-corrected chi connectivity index (χ2v) is 4.29. The zero-order valence-corrected chi connectivity index (χ0v) is 9.88. The van der Waals surface area contributed by atoms with Crippen LogP contribution in [-0.2, 0) is 0 Å². The van der Waals surface area contributed by atoms with Gasteiger partial charge in [-0.25, -0.2) is 8.78 Å². The van der Waals surface area contributed by atoms with Gasteiger partial charge in [0.25, 0.3) is 6.43 Å². The SMILES string of the molecule is CC(=S)c1cnc(C(F)F)c(C(C)=S)c1. The van der Waals surface area contributed by atoms with Gasteiger partial charge in [0.2, 0.25) is 0 Å². The van der Waals surface area contributed by atoms with Crippen molar-refractivity contribution in [2.75, 3.05) is 0 Å². The molecule has 0 fully saturated rings. The highest BCUT2D eigenvalue weighted by atomic mass is 32.1. The Hall–Kier alpha value is -0.810. The molecule has 0 saturated heterocycles. The van der Waals surface area contributed by atoms with Crippen LogP contribution in [0.1, 0.15) is 37.1 Å². The molecule has 0 aliphatic heterocycles. The van der Waals surface area contributed by atoms with Crippen LogP contribution in [0.5, 0.6) is 0 Å². The predicted molar refractivity (Wildman–Crippen MR) is 63.9 cm³/mol. The zero-order valence-electron chi connectivity index (χ0n) is 8.25. The summed E-state index contributed by atoms with van der Waals surface area (Å²) in [6, 6.07) is 1.57. The Morgan fingerprint density at radius 2 is 1.87 bits per heavy atom. The molecule has 1 aromatic rings. The standard InChI is InChI=1S/C10H9F2NS2/c1-5(14)7-3-8(6(2)15)9(10(11)12)13-4-7/h3-4,10H,1-2H3. The van der Waals surface area contributed by atoms with Crippen LogP contribution in [0, 0.1) is 0 Å². The normalized spacial score (nSPS) is 10.5. The molecule has 0 atom stereocenters. The number of halogens is 2. The van der Waals surface area contributed by atoms with Crippen LogP contribution in [0.25, 0.3) is 0 Å². The summed E-state index contributed by atoms with van der Waals surface area (Å²) in [6.07, 6.45) is -1.26. The number of rotatable bonds is 3. The number of aromatic nitrogens is 1. The highest BCUT2D eigenvalue weighted by Gasteiger charge is 2.16. The molecule has 0 aliphatic carbocycles. The summed E-state index contributed by atoms with van der Waals surface area (Å²) in [5, 5.41) is 0. The first kappa shape index (κ1) is 12.3. The summed E-state index contributed by atoms with van der Waals surface area (Å²) in [7, 11) is 0. The maximum atomic E-state index is 12.6. The Bertz CT molecular complexity index is 416. The lowest BCUT2D eigenvalue weighted by Crippen LogP contribution is -2.05. The zero-order chi connectivity index (χ0) is 11.6. The summed E-state index contributed by atoms with van der Waals surface area (Å²) in [5.74, 6) is 0. The third-order valence-corrected chi connectivity index (χ3v) is 2.37. The fraction of sp³-hybridized carbons (Fsp3) is 0.300. The number of pyridine rings is 1. The molecule has 80 valence electrons. The van der Waals surface area contributed by atoms with Crippen LogP contribution in [-0.4, -0.2) is 14.7 Å². The van der Waals surface area contributed by atoms with E-state index in [4.69, 9.17) is 24.4 Å². The van der Waals surface area contributed by atoms with Crippen LogP contribution in [0.3, 0.4) is 0 Å². The van der Waals surface area contributed by atoms with Gasteiger partial charge in [-0.3, -0.25) is 4.98 Å². The van der Waals surface area contributed by atoms with Crippen molar-refractivity contribution in [2.24, 2.45) is 0 Å². The third kappa shape index (κ3) is 2.82. The molecule has 1 heterocycles. The molecule has 0 unspecified atom stereocenters. The Morgan fingerprint density at radius 3 is 2.27 bits per heavy atom. The van der Waals surface area contributed by atoms with Crippen molar-refractivity contribution < 1.29 is 8.78 Å². The van der Waals surface area contributed by atoms with E-state index in [2.05, 4.69) is 4.98 Å². The first-order valence-electron chi connectivity index (χ1n) is 4.23. The van der Waals surface area contributed by atoms with E-state index in [1.54, 1.807) is 19.9 Å². The summed E-state index contributed by atoms with van der Waals surface area (Å²) in [6.45, 7) is 3.32. The average molecular weight is 245 g/mol. The van der Waals surface area contributed by atoms with Crippen molar-refractivity contribution in [2.45, 2.75) is 20.3 Å². The van der Waals surface area contributed by atoms with Crippen LogP contribution < -0.4 is 0 Å². The highest BCUT2D eigenvalue weighted by molar-refractivity contribution is 7.81. The Kier molecular flexibility index (Phi) is 3.93. The largest absolute Gasteiger partial charge is 0.280 e. The Balaban J connectivity index is 3.33. The molecule has 0 aliphatic rings. The minimum absolute atomic E-state index is 0.275. The number of thiocarbonyl (C=S) groups is 2. The number of alkyl halides is 2. The van der Waals surface area contributed by atoms with Crippen molar-refractivity contribution in [1.29, 1.82) is 0 Å². The van der Waals surface area contributed by atoms with E-state index < -0.39 is 6.43 Å². The third-order valence-electron chi connectivity index (χ3n) is 1.91. The molecule has 15 heavy (non-hydrogen) atoms. The maximum absolute atomic E-state index is 12.6. The minimum Gasteiger partial charge on any atom is -0.254 e. The van der Waals surface area contributed by atoms with Crippen molar-refractivity contribution in [3.05, 3.63) is 29.1 Å². The van der Waals surface area contributed by atoms with Gasteiger partial charge in [-0.1, -0.05) is 24.4 Å². The van der Waals surface area contributed by atoms with E-state index in [1.807, 2.05) is 0 Å². The molecule has 0 saturated carbocycles. The summed E-state index contributed by atoms with van der Waals surface area (Å²) in [5.41, 5.74) is 0.692. The van der Waals surface area contributed by atoms with Gasteiger partial charge in [0.1, 0.15) is 5.69 Å². The molecular weight excluding hydrogens is 236 g/mol. The van der Waals surface area contributed by atoms with Crippen molar-refractivity contribution >= 4 is 34.2 Å². The summed E-state index contributed by atoms with van der Waals surface area (Å²) >= 11 is 9.84. The van der Waals surface area contributed by atoms with E-state index in [-0.39, 0.29) is 5.69 Å². The summed E-state index contributed by atoms with van der Waals surface area (Å²) < 4.78 is 25.1. The lowest BCUT2D eigenvalue weighted by atomic mass is 10.1. The smallest absolute Gasteiger partial charge is 0.254 e. The van der Waals surface area contributed by atoms with Crippen molar-refractivity contribution in [1.82, 2.24) is 4.98 Å². The van der Waals surface area contributed by atoms with E-state index in [1.165, 1.54) is 6.20 Å². The molecular formula is C10H9F2NS2. The monoisotopic (exact) mass is 245 g/mol. The van der Waals surface area contributed by atoms with Crippen molar-refractivity contribution in [3.63, 3.8) is 0 Å². The van der Waals surface area contributed by atoms with Crippen LogP contribution in [0.15, 0.2) is 12.3 Å². The number of hydrogen-bond donors (Lipinski definition) is 0. The van der Waals surface area contributed by atoms with E-state index in [0.29, 0.717) is 20.9 Å². The second-order valence-electron chi connectivity index (χ2n) is 3.07. The minimum atomic E-state index is -2.61. The van der Waals surface area contributed by atoms with E-state index >= 15 is 0 Å². The quantitative estimate of drug-likeness (QED) is 0.597. The average Bonchev–Trinajstić information content (AvgIpc) is 2.16. The molecule has 0 aromatic carbocycles. The lowest BCUT2D eigenvalue weighted by molar-refractivity contribution is 0.146. The molecule has 5 heteroatoms. The van der Waals surface area contributed by atoms with Crippen molar-refractivity contribution in [3.8, 4) is 0 Å². The van der Waals surface area contributed by atoms with E-state index in [9.17, 15) is 8.78 Å². The lowest BCUT2D eigenvalue weighted by Gasteiger charge is -2.08. The van der Waals surface area contributed by atoms with Gasteiger partial charge in [-0.05, 0) is 19.9 Å². The van der Waals surface area contributed by atoms with Gasteiger partial charge in [0, 0.05) is 27.1 Å². The molecule has 1 aromatic heterocycles. The molecule has 0 radical (unpaired) electrons. The molecule has 0 bridgehead atoms. The Labute approximate surface area is 97.5 Å². The summed E-state index contributed by atoms with van der Waals surface area (Å²) in [4.78, 5) is 4.71. The molecule has 0 amide bonds. The number of hydrogen-bond acceptors (Lipinski definition) is 3. The van der Waals surface area contributed by atoms with Gasteiger partial charge >= 0.3 is 0 Å². The van der Waals surface area contributed by atoms with Gasteiger partial charge in [-0.2, -0.15) is 0 Å². The predicted octanol–water partition coefficient (Wildman–Crippen LogP) is 3.50. The fourth-order valence-electron chi connectivity index (χ4n) is 1.12. The van der Waals surface area contributed by atoms with Gasteiger partial charge in [0.15, 0.2) is 0 Å². The molecule has 1 rings (SSSR count). The first-order chi connectivity index (χ1) is 6.93. The Morgan fingerprint density at radius 1 is 1.27 bits per heavy atom.